The fourth-order valence-electron chi connectivity index (χ4n) is 3.57. The number of phenolic OH excluding ortho intramolecular Hbond substituents is 1. The van der Waals surface area contributed by atoms with Gasteiger partial charge in [-0.3, -0.25) is 0 Å². The first-order chi connectivity index (χ1) is 16.1. The number of ether oxygens (including phenoxy) is 2. The second kappa shape index (κ2) is 10.3. The third kappa shape index (κ3) is 5.49. The zero-order valence-corrected chi connectivity index (χ0v) is 18.1. The van der Waals surface area contributed by atoms with E-state index in [-0.39, 0.29) is 19.0 Å². The lowest BCUT2D eigenvalue weighted by Crippen LogP contribution is -2.10. The molecule has 0 saturated carbocycles. The first-order valence-electron chi connectivity index (χ1n) is 10.7. The number of aromatic hydroxyl groups is 1. The molecular weight excluding hydrogens is 412 g/mol. The van der Waals surface area contributed by atoms with E-state index < -0.39 is 5.97 Å². The normalized spacial score (nSPS) is 10.4. The zero-order valence-electron chi connectivity index (χ0n) is 18.1. The molecule has 0 aliphatic heterocycles. The maximum Gasteiger partial charge on any atom is 0.330 e. The van der Waals surface area contributed by atoms with Crippen molar-refractivity contribution in [3.8, 4) is 44.9 Å². The van der Waals surface area contributed by atoms with Crippen LogP contribution in [0.4, 0.5) is 0 Å². The smallest absolute Gasteiger partial charge is 0.330 e. The highest BCUT2D eigenvalue weighted by atomic mass is 16.6. The van der Waals surface area contributed by atoms with Gasteiger partial charge >= 0.3 is 5.97 Å². The van der Waals surface area contributed by atoms with Crippen molar-refractivity contribution in [2.24, 2.45) is 0 Å². The van der Waals surface area contributed by atoms with Gasteiger partial charge < -0.3 is 14.6 Å². The third-order valence-corrected chi connectivity index (χ3v) is 5.25. The average molecular weight is 437 g/mol. The molecule has 4 nitrogen and oxygen atoms in total. The first-order valence-corrected chi connectivity index (χ1v) is 10.7. The molecule has 0 saturated heterocycles. The molecular formula is C29H24O4. The Morgan fingerprint density at radius 3 is 1.73 bits per heavy atom. The lowest BCUT2D eigenvalue weighted by atomic mass is 9.93. The second-order valence-corrected chi connectivity index (χ2v) is 7.41. The molecule has 4 rings (SSSR count). The molecule has 0 unspecified atom stereocenters. The number of hydrogen-bond acceptors (Lipinski definition) is 4. The van der Waals surface area contributed by atoms with E-state index in [9.17, 15) is 9.90 Å². The van der Waals surface area contributed by atoms with Crippen LogP contribution in [0, 0.1) is 0 Å². The highest BCUT2D eigenvalue weighted by Gasteiger charge is 2.08. The summed E-state index contributed by atoms with van der Waals surface area (Å²) in [5.74, 6) is 0.518. The predicted octanol–water partition coefficient (Wildman–Crippen LogP) is 6.50. The molecule has 4 aromatic rings. The molecule has 0 bridgehead atoms. The van der Waals surface area contributed by atoms with Crippen molar-refractivity contribution in [2.45, 2.75) is 0 Å². The highest BCUT2D eigenvalue weighted by Crippen LogP contribution is 2.34. The van der Waals surface area contributed by atoms with Gasteiger partial charge in [0.05, 0.1) is 0 Å². The van der Waals surface area contributed by atoms with Gasteiger partial charge in [0.15, 0.2) is 0 Å². The van der Waals surface area contributed by atoms with Crippen LogP contribution in [-0.2, 0) is 9.53 Å². The SMILES string of the molecule is C=CC(=O)OCCOc1ccc(-c2ccc(-c3ccccc3-c3ccc(O)cc3)cc2)cc1. The fraction of sp³-hybridized carbons (Fsp3) is 0.0690. The molecule has 0 aliphatic rings. The van der Waals surface area contributed by atoms with Gasteiger partial charge in [0.25, 0.3) is 0 Å². The maximum atomic E-state index is 11.0. The molecule has 0 amide bonds. The molecule has 4 heteroatoms. The molecule has 0 atom stereocenters. The summed E-state index contributed by atoms with van der Waals surface area (Å²) in [5, 5.41) is 9.60. The van der Waals surface area contributed by atoms with Crippen LogP contribution in [-0.4, -0.2) is 24.3 Å². The number of rotatable bonds is 8. The van der Waals surface area contributed by atoms with Gasteiger partial charge in [0.2, 0.25) is 0 Å². The largest absolute Gasteiger partial charge is 0.508 e. The third-order valence-electron chi connectivity index (χ3n) is 5.25. The lowest BCUT2D eigenvalue weighted by molar-refractivity contribution is -0.138. The second-order valence-electron chi connectivity index (χ2n) is 7.41. The van der Waals surface area contributed by atoms with E-state index in [1.807, 2.05) is 48.5 Å². The quantitative estimate of drug-likeness (QED) is 0.195. The van der Waals surface area contributed by atoms with Crippen LogP contribution in [0.25, 0.3) is 33.4 Å². The highest BCUT2D eigenvalue weighted by molar-refractivity contribution is 5.84. The monoisotopic (exact) mass is 436 g/mol. The Balaban J connectivity index is 1.47. The van der Waals surface area contributed by atoms with E-state index in [4.69, 9.17) is 9.47 Å². The summed E-state index contributed by atoms with van der Waals surface area (Å²) in [4.78, 5) is 11.0. The minimum Gasteiger partial charge on any atom is -0.508 e. The minimum atomic E-state index is -0.455. The van der Waals surface area contributed by atoms with Crippen molar-refractivity contribution >= 4 is 5.97 Å². The lowest BCUT2D eigenvalue weighted by Gasteiger charge is -2.11. The van der Waals surface area contributed by atoms with Gasteiger partial charge in [-0.1, -0.05) is 79.4 Å². The number of benzene rings is 4. The van der Waals surface area contributed by atoms with E-state index in [0.717, 1.165) is 39.5 Å². The van der Waals surface area contributed by atoms with Crippen molar-refractivity contribution in [1.29, 1.82) is 0 Å². The van der Waals surface area contributed by atoms with Crippen molar-refractivity contribution in [3.05, 3.63) is 110 Å². The number of esters is 1. The molecule has 0 fully saturated rings. The number of carbonyl (C=O) groups excluding carboxylic acids is 1. The average Bonchev–Trinajstić information content (AvgIpc) is 2.87. The number of carbonyl (C=O) groups is 1. The van der Waals surface area contributed by atoms with Gasteiger partial charge in [-0.05, 0) is 57.6 Å². The van der Waals surface area contributed by atoms with Crippen LogP contribution < -0.4 is 4.74 Å². The predicted molar refractivity (Wildman–Crippen MR) is 131 cm³/mol. The molecule has 0 radical (unpaired) electrons. The zero-order chi connectivity index (χ0) is 23.0. The van der Waals surface area contributed by atoms with Crippen molar-refractivity contribution in [2.75, 3.05) is 13.2 Å². The molecule has 4 aromatic carbocycles. The van der Waals surface area contributed by atoms with Crippen LogP contribution in [0.3, 0.4) is 0 Å². The van der Waals surface area contributed by atoms with Gasteiger partial charge in [0, 0.05) is 6.08 Å². The topological polar surface area (TPSA) is 55.8 Å². The van der Waals surface area contributed by atoms with Crippen LogP contribution in [0.5, 0.6) is 11.5 Å². The Bertz CT molecular complexity index is 1220. The van der Waals surface area contributed by atoms with E-state index in [1.165, 1.54) is 0 Å². The van der Waals surface area contributed by atoms with Crippen LogP contribution in [0.2, 0.25) is 0 Å². The van der Waals surface area contributed by atoms with Crippen molar-refractivity contribution in [1.82, 2.24) is 0 Å². The molecule has 33 heavy (non-hydrogen) atoms. The summed E-state index contributed by atoms with van der Waals surface area (Å²) in [6.07, 6.45) is 1.13. The Morgan fingerprint density at radius 2 is 1.18 bits per heavy atom. The molecule has 0 aliphatic carbocycles. The van der Waals surface area contributed by atoms with E-state index >= 15 is 0 Å². The molecule has 0 aromatic heterocycles. The van der Waals surface area contributed by atoms with Crippen LogP contribution >= 0.6 is 0 Å². The van der Waals surface area contributed by atoms with Gasteiger partial charge in [-0.25, -0.2) is 4.79 Å². The van der Waals surface area contributed by atoms with Gasteiger partial charge in [-0.2, -0.15) is 0 Å². The Morgan fingerprint density at radius 1 is 0.697 bits per heavy atom. The first kappa shape index (κ1) is 21.9. The van der Waals surface area contributed by atoms with E-state index in [1.54, 1.807) is 12.1 Å². The summed E-state index contributed by atoms with van der Waals surface area (Å²) in [5.41, 5.74) is 6.62. The molecule has 0 heterocycles. The Kier molecular flexibility index (Phi) is 6.86. The van der Waals surface area contributed by atoms with Crippen LogP contribution in [0.15, 0.2) is 110 Å². The maximum absolute atomic E-state index is 11.0. The van der Waals surface area contributed by atoms with Crippen molar-refractivity contribution < 1.29 is 19.4 Å². The summed E-state index contributed by atoms with van der Waals surface area (Å²) in [6, 6.07) is 31.8. The standard InChI is InChI=1S/C29H24O4/c1-2-29(31)33-20-19-32-26-17-13-22(14-18-26)21-7-9-23(10-8-21)27-5-3-4-6-28(27)24-11-15-25(30)16-12-24/h2-18,30H,1,19-20H2. The minimum absolute atomic E-state index is 0.180. The molecule has 1 N–H and O–H groups in total. The number of hydrogen-bond donors (Lipinski definition) is 1. The summed E-state index contributed by atoms with van der Waals surface area (Å²) >= 11 is 0. The van der Waals surface area contributed by atoms with E-state index in [2.05, 4.69) is 43.0 Å². The Labute approximate surface area is 193 Å². The number of phenols is 1. The summed E-state index contributed by atoms with van der Waals surface area (Å²) in [7, 11) is 0. The molecule has 0 spiro atoms. The molecule has 164 valence electrons. The van der Waals surface area contributed by atoms with Crippen molar-refractivity contribution in [3.63, 3.8) is 0 Å². The fourth-order valence-corrected chi connectivity index (χ4v) is 3.57. The summed E-state index contributed by atoms with van der Waals surface area (Å²) in [6.45, 7) is 3.82. The summed E-state index contributed by atoms with van der Waals surface area (Å²) < 4.78 is 10.5. The van der Waals surface area contributed by atoms with Gasteiger partial charge in [-0.15, -0.1) is 0 Å². The van der Waals surface area contributed by atoms with E-state index in [0.29, 0.717) is 5.75 Å². The van der Waals surface area contributed by atoms with Crippen LogP contribution in [0.1, 0.15) is 0 Å². The Hall–Kier alpha value is -4.31. The van der Waals surface area contributed by atoms with Gasteiger partial charge in [0.1, 0.15) is 24.7 Å².